The highest BCUT2D eigenvalue weighted by Crippen LogP contribution is 2.23. The zero-order valence-electron chi connectivity index (χ0n) is 7.88. The van der Waals surface area contributed by atoms with Gasteiger partial charge in [0.05, 0.1) is 19.6 Å². The van der Waals surface area contributed by atoms with Crippen molar-refractivity contribution in [2.24, 2.45) is 0 Å². The Balaban J connectivity index is 3.33. The lowest BCUT2D eigenvalue weighted by Gasteiger charge is -2.07. The molecule has 0 amide bonds. The fraction of sp³-hybridized carbons (Fsp3) is 0.333. The molecule has 0 saturated heterocycles. The molecule has 80 valence electrons. The largest absolute Gasteiger partial charge is 0.491 e. The molecule has 0 aliphatic carbocycles. The molecule has 1 rings (SSSR count). The van der Waals surface area contributed by atoms with E-state index in [0.717, 1.165) is 6.07 Å². The third kappa shape index (κ3) is 2.31. The maximum atomic E-state index is 12.5. The van der Waals surface area contributed by atoms with Crippen molar-refractivity contribution in [3.8, 4) is 11.8 Å². The van der Waals surface area contributed by atoms with Gasteiger partial charge in [-0.3, -0.25) is 4.79 Å². The van der Waals surface area contributed by atoms with E-state index in [1.165, 1.54) is 7.11 Å². The van der Waals surface area contributed by atoms with Gasteiger partial charge in [-0.2, -0.15) is 5.26 Å². The molecule has 0 aliphatic rings. The average Bonchev–Trinajstić information content (AvgIpc) is 2.18. The van der Waals surface area contributed by atoms with Crippen molar-refractivity contribution in [2.75, 3.05) is 7.11 Å². The maximum Gasteiger partial charge on any atom is 0.290 e. The predicted octanol–water partition coefficient (Wildman–Crippen LogP) is 1.39. The lowest BCUT2D eigenvalue weighted by atomic mass is 10.1. The number of aromatic nitrogens is 1. The highest BCUT2D eigenvalue weighted by Gasteiger charge is 2.16. The minimum atomic E-state index is -2.75. The summed E-state index contributed by atoms with van der Waals surface area (Å²) in [4.78, 5) is 13.4. The van der Waals surface area contributed by atoms with Crippen LogP contribution in [0.25, 0.3) is 0 Å². The van der Waals surface area contributed by atoms with Crippen LogP contribution in [0.15, 0.2) is 10.9 Å². The number of nitrogens with one attached hydrogen (secondary N) is 1. The quantitative estimate of drug-likeness (QED) is 0.826. The number of methoxy groups -OCH3 is 1. The van der Waals surface area contributed by atoms with E-state index in [1.807, 2.05) is 0 Å². The molecule has 6 heteroatoms. The van der Waals surface area contributed by atoms with Gasteiger partial charge in [-0.1, -0.05) is 0 Å². The Morgan fingerprint density at radius 1 is 1.67 bits per heavy atom. The number of nitrogens with zero attached hydrogens (tertiary/aromatic N) is 1. The molecule has 4 nitrogen and oxygen atoms in total. The second-order valence-electron chi connectivity index (χ2n) is 2.74. The van der Waals surface area contributed by atoms with Crippen LogP contribution in [0.5, 0.6) is 5.75 Å². The van der Waals surface area contributed by atoms with Crippen molar-refractivity contribution in [3.63, 3.8) is 0 Å². The van der Waals surface area contributed by atoms with Crippen LogP contribution in [-0.4, -0.2) is 12.1 Å². The summed E-state index contributed by atoms with van der Waals surface area (Å²) < 4.78 is 29.6. The number of aromatic amines is 1. The second kappa shape index (κ2) is 4.55. The molecule has 1 aromatic rings. The summed E-state index contributed by atoms with van der Waals surface area (Å²) >= 11 is 0. The Bertz CT molecular complexity index is 448. The van der Waals surface area contributed by atoms with Gasteiger partial charge >= 0.3 is 0 Å². The Morgan fingerprint density at radius 3 is 2.80 bits per heavy atom. The minimum Gasteiger partial charge on any atom is -0.491 e. The lowest BCUT2D eigenvalue weighted by molar-refractivity contribution is 0.149. The van der Waals surface area contributed by atoms with E-state index in [2.05, 4.69) is 9.72 Å². The van der Waals surface area contributed by atoms with Gasteiger partial charge in [0, 0.05) is 11.3 Å². The Kier molecular flexibility index (Phi) is 3.39. The van der Waals surface area contributed by atoms with Crippen molar-refractivity contribution in [2.45, 2.75) is 12.8 Å². The van der Waals surface area contributed by atoms with Gasteiger partial charge in [0.2, 0.25) is 0 Å². The van der Waals surface area contributed by atoms with Crippen LogP contribution in [0, 0.1) is 11.3 Å². The Hall–Kier alpha value is -1.90. The predicted molar refractivity (Wildman–Crippen MR) is 47.9 cm³/mol. The molecule has 1 aromatic heterocycles. The number of ether oxygens (including phenoxy) is 1. The van der Waals surface area contributed by atoms with Crippen LogP contribution < -0.4 is 10.3 Å². The summed E-state index contributed by atoms with van der Waals surface area (Å²) in [5, 5.41) is 8.40. The molecule has 0 aliphatic heterocycles. The first-order valence-corrected chi connectivity index (χ1v) is 4.05. The van der Waals surface area contributed by atoms with Crippen molar-refractivity contribution in [1.29, 1.82) is 5.26 Å². The number of H-pyrrole nitrogens is 1. The van der Waals surface area contributed by atoms with Crippen LogP contribution in [0.4, 0.5) is 8.78 Å². The number of rotatable bonds is 3. The first kappa shape index (κ1) is 11.2. The van der Waals surface area contributed by atoms with Gasteiger partial charge in [-0.25, -0.2) is 8.78 Å². The van der Waals surface area contributed by atoms with E-state index in [0.29, 0.717) is 0 Å². The fourth-order valence-corrected chi connectivity index (χ4v) is 1.14. The molecule has 1 heterocycles. The fourth-order valence-electron chi connectivity index (χ4n) is 1.14. The summed E-state index contributed by atoms with van der Waals surface area (Å²) in [5.41, 5.74) is -1.07. The first-order chi connectivity index (χ1) is 7.10. The van der Waals surface area contributed by atoms with E-state index in [1.54, 1.807) is 6.07 Å². The van der Waals surface area contributed by atoms with Gasteiger partial charge in [-0.15, -0.1) is 0 Å². The van der Waals surface area contributed by atoms with Crippen molar-refractivity contribution >= 4 is 0 Å². The van der Waals surface area contributed by atoms with E-state index in [4.69, 9.17) is 5.26 Å². The van der Waals surface area contributed by atoms with Gasteiger partial charge in [0.25, 0.3) is 12.0 Å². The van der Waals surface area contributed by atoms with E-state index in [9.17, 15) is 13.6 Å². The van der Waals surface area contributed by atoms with Crippen LogP contribution in [0.2, 0.25) is 0 Å². The number of hydrogen-bond acceptors (Lipinski definition) is 3. The topological polar surface area (TPSA) is 65.9 Å². The van der Waals surface area contributed by atoms with Crippen LogP contribution in [0.1, 0.15) is 17.7 Å². The SMILES string of the molecule is COc1cc(C(F)F)c(CC#N)[nH]c1=O. The van der Waals surface area contributed by atoms with Crippen molar-refractivity contribution in [1.82, 2.24) is 4.98 Å². The van der Waals surface area contributed by atoms with Gasteiger partial charge in [0.15, 0.2) is 5.75 Å². The molecule has 0 radical (unpaired) electrons. The van der Waals surface area contributed by atoms with E-state index < -0.39 is 12.0 Å². The standard InChI is InChI=1S/C9H8F2N2O2/c1-15-7-4-5(8(10)11)6(2-3-12)13-9(7)14/h4,8H,2H2,1H3,(H,13,14). The Morgan fingerprint density at radius 2 is 2.33 bits per heavy atom. The third-order valence-electron chi connectivity index (χ3n) is 1.83. The number of hydrogen-bond donors (Lipinski definition) is 1. The van der Waals surface area contributed by atoms with E-state index >= 15 is 0 Å². The van der Waals surface area contributed by atoms with Gasteiger partial charge < -0.3 is 9.72 Å². The first-order valence-electron chi connectivity index (χ1n) is 4.05. The van der Waals surface area contributed by atoms with Crippen LogP contribution >= 0.6 is 0 Å². The summed E-state index contributed by atoms with van der Waals surface area (Å²) in [6.45, 7) is 0. The lowest BCUT2D eigenvalue weighted by Crippen LogP contribution is -2.14. The molecule has 1 N–H and O–H groups in total. The van der Waals surface area contributed by atoms with Crippen molar-refractivity contribution in [3.05, 3.63) is 27.7 Å². The molecule has 0 fully saturated rings. The summed E-state index contributed by atoms with van der Waals surface area (Å²) in [6, 6.07) is 2.65. The normalized spacial score (nSPS) is 10.1. The second-order valence-corrected chi connectivity index (χ2v) is 2.74. The highest BCUT2D eigenvalue weighted by atomic mass is 19.3. The number of halogens is 2. The molecular formula is C9H8F2N2O2. The van der Waals surface area contributed by atoms with Gasteiger partial charge in [-0.05, 0) is 6.07 Å². The summed E-state index contributed by atoms with van der Waals surface area (Å²) in [6.07, 6.45) is -3.02. The zero-order valence-corrected chi connectivity index (χ0v) is 7.88. The molecular weight excluding hydrogens is 206 g/mol. The molecule has 0 saturated carbocycles. The average molecular weight is 214 g/mol. The third-order valence-corrected chi connectivity index (χ3v) is 1.83. The number of pyridine rings is 1. The molecule has 0 bridgehead atoms. The smallest absolute Gasteiger partial charge is 0.290 e. The molecule has 0 unspecified atom stereocenters. The van der Waals surface area contributed by atoms with Gasteiger partial charge in [0.1, 0.15) is 0 Å². The highest BCUT2D eigenvalue weighted by molar-refractivity contribution is 5.31. The minimum absolute atomic E-state index is 0.0710. The summed E-state index contributed by atoms with van der Waals surface area (Å²) in [7, 11) is 1.21. The molecule has 0 atom stereocenters. The number of alkyl halides is 2. The van der Waals surface area contributed by atoms with Crippen LogP contribution in [0.3, 0.4) is 0 Å². The van der Waals surface area contributed by atoms with E-state index in [-0.39, 0.29) is 23.4 Å². The molecule has 0 aromatic carbocycles. The summed E-state index contributed by atoms with van der Waals surface area (Å²) in [5.74, 6) is -0.188. The monoisotopic (exact) mass is 214 g/mol. The molecule has 15 heavy (non-hydrogen) atoms. The van der Waals surface area contributed by atoms with Crippen molar-refractivity contribution < 1.29 is 13.5 Å². The Labute approximate surface area is 84.1 Å². The zero-order chi connectivity index (χ0) is 11.4. The molecule has 0 spiro atoms. The maximum absolute atomic E-state index is 12.5. The number of nitriles is 1. The van der Waals surface area contributed by atoms with Crippen LogP contribution in [-0.2, 0) is 6.42 Å².